The van der Waals surface area contributed by atoms with E-state index >= 15 is 0 Å². The molecule has 1 aliphatic rings. The average molecular weight is 468 g/mol. The molecule has 1 atom stereocenters. The molecule has 7 nitrogen and oxygen atoms in total. The van der Waals surface area contributed by atoms with Gasteiger partial charge in [0.05, 0.1) is 17.3 Å². The molecule has 3 rings (SSSR count). The number of carbonyl (C=O) groups is 1. The first kappa shape index (κ1) is 23.8. The normalized spacial score (nSPS) is 16.4. The third-order valence-electron chi connectivity index (χ3n) is 5.71. The molecule has 0 saturated carbocycles. The number of nitrogens with zero attached hydrogens (tertiary/aromatic N) is 2. The van der Waals surface area contributed by atoms with E-state index in [2.05, 4.69) is 24.1 Å². The molecule has 31 heavy (non-hydrogen) atoms. The lowest BCUT2D eigenvalue weighted by Gasteiger charge is -2.28. The fourth-order valence-electron chi connectivity index (χ4n) is 3.93. The average Bonchev–Trinajstić information content (AvgIpc) is 3.31. The van der Waals surface area contributed by atoms with Crippen LogP contribution in [0.2, 0.25) is 5.02 Å². The topological polar surface area (TPSA) is 82.9 Å². The van der Waals surface area contributed by atoms with Gasteiger partial charge in [0.25, 0.3) is 5.91 Å². The lowest BCUT2D eigenvalue weighted by atomic mass is 10.1. The molecule has 1 N–H and O–H groups in total. The van der Waals surface area contributed by atoms with Gasteiger partial charge in [0.1, 0.15) is 10.7 Å². The van der Waals surface area contributed by atoms with Crippen molar-refractivity contribution in [2.24, 2.45) is 0 Å². The summed E-state index contributed by atoms with van der Waals surface area (Å²) in [6.45, 7) is 7.00. The molecule has 0 radical (unpaired) electrons. The van der Waals surface area contributed by atoms with Crippen molar-refractivity contribution in [1.29, 1.82) is 0 Å². The first-order chi connectivity index (χ1) is 14.9. The number of hydrogen-bond donors (Lipinski definition) is 1. The van der Waals surface area contributed by atoms with E-state index in [0.29, 0.717) is 19.6 Å². The largest absolute Gasteiger partial charge is 0.468 e. The third kappa shape index (κ3) is 5.49. The van der Waals surface area contributed by atoms with Crippen molar-refractivity contribution in [1.82, 2.24) is 14.5 Å². The monoisotopic (exact) mass is 467 g/mol. The number of rotatable bonds is 9. The predicted octanol–water partition coefficient (Wildman–Crippen LogP) is 3.92. The maximum absolute atomic E-state index is 13.1. The fourth-order valence-corrected chi connectivity index (χ4v) is 5.95. The first-order valence-corrected chi connectivity index (χ1v) is 12.6. The minimum atomic E-state index is -3.74. The molecule has 1 fully saturated rings. The third-order valence-corrected chi connectivity index (χ3v) is 8.09. The van der Waals surface area contributed by atoms with Gasteiger partial charge in [0, 0.05) is 25.2 Å². The molecule has 1 aromatic heterocycles. The van der Waals surface area contributed by atoms with E-state index in [0.717, 1.165) is 38.1 Å². The second kappa shape index (κ2) is 10.6. The molecule has 1 amide bonds. The number of hydrogen-bond acceptors (Lipinski definition) is 5. The fraction of sp³-hybridized carbons (Fsp3) is 0.500. The second-order valence-corrected chi connectivity index (χ2v) is 9.89. The highest BCUT2D eigenvalue weighted by atomic mass is 35.5. The summed E-state index contributed by atoms with van der Waals surface area (Å²) in [5.74, 6) is 0.420. The summed E-state index contributed by atoms with van der Waals surface area (Å²) in [6, 6.07) is 8.00. The summed E-state index contributed by atoms with van der Waals surface area (Å²) in [7, 11) is -3.74. The molecule has 2 heterocycles. The van der Waals surface area contributed by atoms with Gasteiger partial charge in [-0.1, -0.05) is 31.9 Å². The number of amides is 1. The Kier molecular flexibility index (Phi) is 8.16. The van der Waals surface area contributed by atoms with Crippen LogP contribution in [-0.4, -0.2) is 56.3 Å². The highest BCUT2D eigenvalue weighted by molar-refractivity contribution is 7.89. The van der Waals surface area contributed by atoms with E-state index in [1.165, 1.54) is 16.4 Å². The number of sulfonamides is 1. The number of furan rings is 1. The molecule has 0 spiro atoms. The Hall–Kier alpha value is -1.87. The Bertz CT molecular complexity index is 969. The molecular weight excluding hydrogens is 438 g/mol. The zero-order valence-electron chi connectivity index (χ0n) is 18.0. The van der Waals surface area contributed by atoms with Crippen LogP contribution in [0.4, 0.5) is 0 Å². The van der Waals surface area contributed by atoms with Crippen molar-refractivity contribution in [3.05, 3.63) is 52.9 Å². The maximum Gasteiger partial charge on any atom is 0.251 e. The molecule has 1 aliphatic heterocycles. The number of halogens is 1. The standard InChI is InChI=1S/C22H30ClN3O4S/c1-3-25(4-2)19(20-9-8-14-30-20)16-24-22(27)17-10-11-18(23)21(15-17)31(28,29)26-12-6-5-7-13-26/h8-11,14-15,19H,3-7,12-13,16H2,1-2H3,(H,24,27). The van der Waals surface area contributed by atoms with Crippen LogP contribution >= 0.6 is 11.6 Å². The Balaban J connectivity index is 1.78. The number of carbonyl (C=O) groups excluding carboxylic acids is 1. The molecule has 170 valence electrons. The smallest absolute Gasteiger partial charge is 0.251 e. The molecule has 0 bridgehead atoms. The van der Waals surface area contributed by atoms with Gasteiger partial charge in [-0.15, -0.1) is 0 Å². The van der Waals surface area contributed by atoms with Crippen LogP contribution in [0.5, 0.6) is 0 Å². The lowest BCUT2D eigenvalue weighted by Crippen LogP contribution is -2.38. The van der Waals surface area contributed by atoms with E-state index < -0.39 is 10.0 Å². The van der Waals surface area contributed by atoms with Crippen molar-refractivity contribution in [2.75, 3.05) is 32.7 Å². The summed E-state index contributed by atoms with van der Waals surface area (Å²) in [5, 5.41) is 3.05. The second-order valence-electron chi connectivity index (χ2n) is 7.57. The van der Waals surface area contributed by atoms with Crippen molar-refractivity contribution in [3.63, 3.8) is 0 Å². The highest BCUT2D eigenvalue weighted by Crippen LogP contribution is 2.28. The van der Waals surface area contributed by atoms with Crippen LogP contribution in [0.1, 0.15) is 55.3 Å². The number of likely N-dealkylation sites (N-methyl/N-ethyl adjacent to an activating group) is 1. The van der Waals surface area contributed by atoms with Crippen molar-refractivity contribution in [3.8, 4) is 0 Å². The maximum atomic E-state index is 13.1. The van der Waals surface area contributed by atoms with Crippen LogP contribution in [0.3, 0.4) is 0 Å². The van der Waals surface area contributed by atoms with E-state index in [9.17, 15) is 13.2 Å². The molecular formula is C22H30ClN3O4S. The summed E-state index contributed by atoms with van der Waals surface area (Å²) >= 11 is 6.22. The predicted molar refractivity (Wildman–Crippen MR) is 121 cm³/mol. The number of piperidine rings is 1. The van der Waals surface area contributed by atoms with Gasteiger partial charge < -0.3 is 9.73 Å². The van der Waals surface area contributed by atoms with Crippen molar-refractivity contribution < 1.29 is 17.6 Å². The van der Waals surface area contributed by atoms with Gasteiger partial charge in [-0.2, -0.15) is 4.31 Å². The number of nitrogens with one attached hydrogen (secondary N) is 1. The van der Waals surface area contributed by atoms with E-state index in [1.54, 1.807) is 12.3 Å². The van der Waals surface area contributed by atoms with Crippen LogP contribution in [0, 0.1) is 0 Å². The van der Waals surface area contributed by atoms with Gasteiger partial charge in [-0.05, 0) is 56.3 Å². The number of benzene rings is 1. The summed E-state index contributed by atoms with van der Waals surface area (Å²) < 4.78 is 33.1. The molecule has 9 heteroatoms. The highest BCUT2D eigenvalue weighted by Gasteiger charge is 2.29. The van der Waals surface area contributed by atoms with E-state index in [1.807, 2.05) is 12.1 Å². The van der Waals surface area contributed by atoms with Gasteiger partial charge in [0.15, 0.2) is 0 Å². The minimum Gasteiger partial charge on any atom is -0.468 e. The van der Waals surface area contributed by atoms with Gasteiger partial charge in [0.2, 0.25) is 10.0 Å². The van der Waals surface area contributed by atoms with Gasteiger partial charge >= 0.3 is 0 Å². The lowest BCUT2D eigenvalue weighted by molar-refractivity contribution is 0.0929. The summed E-state index contributed by atoms with van der Waals surface area (Å²) in [4.78, 5) is 15.0. The van der Waals surface area contributed by atoms with E-state index in [-0.39, 0.29) is 27.4 Å². The van der Waals surface area contributed by atoms with Crippen LogP contribution in [0.15, 0.2) is 45.9 Å². The van der Waals surface area contributed by atoms with Gasteiger partial charge in [-0.3, -0.25) is 9.69 Å². The zero-order chi connectivity index (χ0) is 22.4. The van der Waals surface area contributed by atoms with Crippen molar-refractivity contribution >= 4 is 27.5 Å². The summed E-state index contributed by atoms with van der Waals surface area (Å²) in [5.41, 5.74) is 0.262. The Labute approximate surface area is 189 Å². The summed E-state index contributed by atoms with van der Waals surface area (Å²) in [6.07, 6.45) is 4.29. The van der Waals surface area contributed by atoms with Gasteiger partial charge in [-0.25, -0.2) is 8.42 Å². The Morgan fingerprint density at radius 1 is 1.19 bits per heavy atom. The molecule has 1 saturated heterocycles. The first-order valence-electron chi connectivity index (χ1n) is 10.7. The van der Waals surface area contributed by atoms with Crippen LogP contribution < -0.4 is 5.32 Å². The zero-order valence-corrected chi connectivity index (χ0v) is 19.6. The van der Waals surface area contributed by atoms with Crippen LogP contribution in [-0.2, 0) is 10.0 Å². The molecule has 0 aliphatic carbocycles. The Morgan fingerprint density at radius 3 is 2.52 bits per heavy atom. The molecule has 2 aromatic rings. The van der Waals surface area contributed by atoms with Crippen molar-refractivity contribution in [2.45, 2.75) is 44.0 Å². The quantitative estimate of drug-likeness (QED) is 0.604. The van der Waals surface area contributed by atoms with E-state index in [4.69, 9.17) is 16.0 Å². The SMILES string of the molecule is CCN(CC)C(CNC(=O)c1ccc(Cl)c(S(=O)(=O)N2CCCCC2)c1)c1ccco1. The minimum absolute atomic E-state index is 0.0185. The molecule has 1 unspecified atom stereocenters. The van der Waals surface area contributed by atoms with Crippen LogP contribution in [0.25, 0.3) is 0 Å². The molecule has 1 aromatic carbocycles. The Morgan fingerprint density at radius 2 is 1.90 bits per heavy atom.